The summed E-state index contributed by atoms with van der Waals surface area (Å²) >= 11 is 9.46. The van der Waals surface area contributed by atoms with Crippen LogP contribution in [0.15, 0.2) is 35.1 Å². The average Bonchev–Trinajstić information content (AvgIpc) is 2.80. The van der Waals surface area contributed by atoms with Crippen molar-refractivity contribution in [2.45, 2.75) is 25.9 Å². The molecule has 0 spiro atoms. The molecule has 1 aromatic carbocycles. The van der Waals surface area contributed by atoms with Gasteiger partial charge in [-0.1, -0.05) is 24.6 Å². The minimum atomic E-state index is -0.253. The summed E-state index contributed by atoms with van der Waals surface area (Å²) < 4.78 is 2.96. The molecule has 0 aliphatic heterocycles. The lowest BCUT2D eigenvalue weighted by Crippen LogP contribution is -2.17. The standard InChI is InChI=1S/C13H15BrClN3/c1-2-6-18-7-5-17-13(18)12(16)9-3-4-10(14)11(15)8-9/h3-5,7-8,12H,2,6,16H2,1H3. The van der Waals surface area contributed by atoms with Crippen molar-refractivity contribution in [2.75, 3.05) is 0 Å². The summed E-state index contributed by atoms with van der Waals surface area (Å²) in [6.45, 7) is 3.05. The van der Waals surface area contributed by atoms with Crippen LogP contribution < -0.4 is 5.73 Å². The van der Waals surface area contributed by atoms with Crippen LogP contribution >= 0.6 is 27.5 Å². The van der Waals surface area contributed by atoms with Crippen molar-refractivity contribution in [1.29, 1.82) is 0 Å². The molecule has 0 saturated heterocycles. The highest BCUT2D eigenvalue weighted by Gasteiger charge is 2.15. The molecule has 0 bridgehead atoms. The molecule has 3 nitrogen and oxygen atoms in total. The van der Waals surface area contributed by atoms with Crippen molar-refractivity contribution in [1.82, 2.24) is 9.55 Å². The van der Waals surface area contributed by atoms with E-state index in [2.05, 4.69) is 32.4 Å². The lowest BCUT2D eigenvalue weighted by Gasteiger charge is -2.14. The molecule has 2 N–H and O–H groups in total. The molecule has 5 heteroatoms. The van der Waals surface area contributed by atoms with Gasteiger partial charge >= 0.3 is 0 Å². The highest BCUT2D eigenvalue weighted by atomic mass is 79.9. The number of aromatic nitrogens is 2. The Bertz CT molecular complexity index is 539. The number of nitrogens with zero attached hydrogens (tertiary/aromatic N) is 2. The van der Waals surface area contributed by atoms with Crippen LogP contribution in [0.25, 0.3) is 0 Å². The van der Waals surface area contributed by atoms with E-state index >= 15 is 0 Å². The third-order valence-electron chi connectivity index (χ3n) is 2.79. The maximum Gasteiger partial charge on any atom is 0.130 e. The highest BCUT2D eigenvalue weighted by Crippen LogP contribution is 2.27. The van der Waals surface area contributed by atoms with Crippen LogP contribution in [0.2, 0.25) is 5.02 Å². The van der Waals surface area contributed by atoms with Crippen molar-refractivity contribution in [3.63, 3.8) is 0 Å². The lowest BCUT2D eigenvalue weighted by atomic mass is 10.1. The van der Waals surface area contributed by atoms with Crippen molar-refractivity contribution in [2.24, 2.45) is 5.73 Å². The first-order valence-corrected chi connectivity index (χ1v) is 7.02. The van der Waals surface area contributed by atoms with Gasteiger partial charge in [0.2, 0.25) is 0 Å². The fourth-order valence-electron chi connectivity index (χ4n) is 1.88. The molecule has 96 valence electrons. The van der Waals surface area contributed by atoms with Gasteiger partial charge in [-0.2, -0.15) is 0 Å². The van der Waals surface area contributed by atoms with E-state index in [1.807, 2.05) is 24.4 Å². The Morgan fingerprint density at radius 2 is 2.28 bits per heavy atom. The first-order chi connectivity index (χ1) is 8.63. The zero-order valence-corrected chi connectivity index (χ0v) is 12.4. The number of imidazole rings is 1. The third-order valence-corrected chi connectivity index (χ3v) is 4.03. The topological polar surface area (TPSA) is 43.8 Å². The second kappa shape index (κ2) is 5.87. The first-order valence-electron chi connectivity index (χ1n) is 5.85. The van der Waals surface area contributed by atoms with E-state index < -0.39 is 0 Å². The molecule has 1 unspecified atom stereocenters. The van der Waals surface area contributed by atoms with E-state index in [9.17, 15) is 0 Å². The molecule has 0 radical (unpaired) electrons. The van der Waals surface area contributed by atoms with Gasteiger partial charge < -0.3 is 10.3 Å². The van der Waals surface area contributed by atoms with Crippen molar-refractivity contribution in [3.05, 3.63) is 51.5 Å². The zero-order chi connectivity index (χ0) is 13.1. The number of rotatable bonds is 4. The summed E-state index contributed by atoms with van der Waals surface area (Å²) in [5.74, 6) is 0.871. The predicted molar refractivity (Wildman–Crippen MR) is 77.7 cm³/mol. The van der Waals surface area contributed by atoms with E-state index in [-0.39, 0.29) is 6.04 Å². The molecule has 18 heavy (non-hydrogen) atoms. The summed E-state index contributed by atoms with van der Waals surface area (Å²) in [6, 6.07) is 5.49. The predicted octanol–water partition coefficient (Wildman–Crippen LogP) is 3.76. The van der Waals surface area contributed by atoms with Crippen LogP contribution in [0.3, 0.4) is 0 Å². The van der Waals surface area contributed by atoms with E-state index in [1.165, 1.54) is 0 Å². The van der Waals surface area contributed by atoms with Gasteiger partial charge in [-0.3, -0.25) is 0 Å². The Kier molecular flexibility index (Phi) is 4.43. The maximum atomic E-state index is 6.25. The smallest absolute Gasteiger partial charge is 0.130 e. The first kappa shape index (κ1) is 13.6. The van der Waals surface area contributed by atoms with Crippen LogP contribution in [-0.4, -0.2) is 9.55 Å². The number of hydrogen-bond acceptors (Lipinski definition) is 2. The maximum absolute atomic E-state index is 6.25. The lowest BCUT2D eigenvalue weighted by molar-refractivity contribution is 0.613. The Balaban J connectivity index is 2.32. The third kappa shape index (κ3) is 2.76. The molecule has 0 aliphatic rings. The SMILES string of the molecule is CCCn1ccnc1C(N)c1ccc(Br)c(Cl)c1. The Morgan fingerprint density at radius 3 is 2.94 bits per heavy atom. The van der Waals surface area contributed by atoms with E-state index in [1.54, 1.807) is 6.20 Å². The van der Waals surface area contributed by atoms with Gasteiger partial charge in [0.15, 0.2) is 0 Å². The monoisotopic (exact) mass is 327 g/mol. The van der Waals surface area contributed by atoms with Gasteiger partial charge in [0.25, 0.3) is 0 Å². The van der Waals surface area contributed by atoms with Crippen LogP contribution in [-0.2, 0) is 6.54 Å². The van der Waals surface area contributed by atoms with Gasteiger partial charge in [-0.15, -0.1) is 0 Å². The summed E-state index contributed by atoms with van der Waals surface area (Å²) in [4.78, 5) is 4.35. The second-order valence-corrected chi connectivity index (χ2v) is 5.39. The van der Waals surface area contributed by atoms with Gasteiger partial charge in [-0.25, -0.2) is 4.98 Å². The molecule has 1 heterocycles. The van der Waals surface area contributed by atoms with Crippen LogP contribution in [0.1, 0.15) is 30.8 Å². The van der Waals surface area contributed by atoms with E-state index in [0.29, 0.717) is 5.02 Å². The molecule has 0 saturated carbocycles. The number of halogens is 2. The summed E-state index contributed by atoms with van der Waals surface area (Å²) in [7, 11) is 0. The Morgan fingerprint density at radius 1 is 1.50 bits per heavy atom. The summed E-state index contributed by atoms with van der Waals surface area (Å²) in [5, 5.41) is 0.663. The van der Waals surface area contributed by atoms with Crippen molar-refractivity contribution in [3.8, 4) is 0 Å². The van der Waals surface area contributed by atoms with E-state index in [4.69, 9.17) is 17.3 Å². The minimum Gasteiger partial charge on any atom is -0.333 e. The van der Waals surface area contributed by atoms with Gasteiger partial charge in [-0.05, 0) is 40.0 Å². The number of hydrogen-bond donors (Lipinski definition) is 1. The van der Waals surface area contributed by atoms with Crippen LogP contribution in [0.5, 0.6) is 0 Å². The molecule has 0 fully saturated rings. The van der Waals surface area contributed by atoms with Crippen LogP contribution in [0.4, 0.5) is 0 Å². The fourth-order valence-corrected chi connectivity index (χ4v) is 2.32. The highest BCUT2D eigenvalue weighted by molar-refractivity contribution is 9.10. The fraction of sp³-hybridized carbons (Fsp3) is 0.308. The van der Waals surface area contributed by atoms with Crippen molar-refractivity contribution < 1.29 is 0 Å². The quantitative estimate of drug-likeness (QED) is 0.928. The minimum absolute atomic E-state index is 0.253. The second-order valence-electron chi connectivity index (χ2n) is 4.13. The zero-order valence-electron chi connectivity index (χ0n) is 10.1. The largest absolute Gasteiger partial charge is 0.333 e. The van der Waals surface area contributed by atoms with Crippen molar-refractivity contribution >= 4 is 27.5 Å². The normalized spacial score (nSPS) is 12.7. The molecular formula is C13H15BrClN3. The number of aryl methyl sites for hydroxylation is 1. The molecule has 1 aromatic heterocycles. The molecular weight excluding hydrogens is 314 g/mol. The average molecular weight is 329 g/mol. The molecule has 0 aliphatic carbocycles. The van der Waals surface area contributed by atoms with Gasteiger partial charge in [0.05, 0.1) is 11.1 Å². The molecule has 2 rings (SSSR count). The van der Waals surface area contributed by atoms with Gasteiger partial charge in [0.1, 0.15) is 5.82 Å². The Hall–Kier alpha value is -0.840. The summed E-state index contributed by atoms with van der Waals surface area (Å²) in [5.41, 5.74) is 7.22. The molecule has 1 atom stereocenters. The number of nitrogens with two attached hydrogens (primary N) is 1. The van der Waals surface area contributed by atoms with E-state index in [0.717, 1.165) is 28.8 Å². The molecule has 0 amide bonds. The Labute approximate surface area is 120 Å². The summed E-state index contributed by atoms with van der Waals surface area (Å²) in [6.07, 6.45) is 4.79. The number of benzene rings is 1. The van der Waals surface area contributed by atoms with Gasteiger partial charge in [0, 0.05) is 23.4 Å². The van der Waals surface area contributed by atoms with Crippen LogP contribution in [0, 0.1) is 0 Å². The molecule has 2 aromatic rings.